The van der Waals surface area contributed by atoms with E-state index in [0.717, 1.165) is 23.8 Å². The lowest BCUT2D eigenvalue weighted by atomic mass is 9.65. The minimum atomic E-state index is -0.543. The Hall–Kier alpha value is -6.81. The summed E-state index contributed by atoms with van der Waals surface area (Å²) in [5.74, 6) is 3.32. The lowest BCUT2D eigenvalue weighted by Gasteiger charge is -2.40. The molecule has 0 saturated heterocycles. The minimum absolute atomic E-state index is 0.0193. The van der Waals surface area contributed by atoms with Crippen molar-refractivity contribution in [3.05, 3.63) is 233 Å². The highest BCUT2D eigenvalue weighted by Crippen LogP contribution is 2.63. The van der Waals surface area contributed by atoms with Crippen LogP contribution in [0.25, 0.3) is 38.6 Å². The molecule has 0 saturated carbocycles. The fraction of sp³-hybridized carbons (Fsp3) is 0.0755. The molecule has 0 radical (unpaired) electrons. The molecule has 0 aromatic heterocycles. The standard InChI is InChI=1S/C53H36N2O/c1-3-13-34(14-4-1)40-31-44(36-15-5-2-6-16-36)52-54-51(55(52)33-40)38-25-23-35(24-26-38)39-28-29-42-43-30-27-37-17-7-8-18-41(37)50(43)53(47(42)32-39)45-19-9-11-21-48(45)56-49-22-12-10-20-46(49)53/h1-15,17-33,36,51H,16H2/p+1. The molecule has 5 aliphatic rings. The van der Waals surface area contributed by atoms with Gasteiger partial charge in [-0.2, -0.15) is 4.99 Å². The SMILES string of the molecule is C1=CCC(C2=CC(c3ccccc3)=C[NH+]3C2=NC3c2ccc(-c3ccc4c(c3)C3(c5ccccc5Oc5ccccc53)c3c-4ccc4ccccc34)cc2)C=C1. The molecule has 2 aliphatic carbocycles. The quantitative estimate of drug-likeness (QED) is 0.193. The normalized spacial score (nSPS) is 20.4. The molecule has 0 amide bonds. The summed E-state index contributed by atoms with van der Waals surface area (Å²) >= 11 is 0. The van der Waals surface area contributed by atoms with Crippen LogP contribution >= 0.6 is 0 Å². The van der Waals surface area contributed by atoms with Crippen molar-refractivity contribution >= 4 is 22.2 Å². The van der Waals surface area contributed by atoms with Gasteiger partial charge in [-0.15, -0.1) is 0 Å². The van der Waals surface area contributed by atoms with Crippen LogP contribution in [0.5, 0.6) is 11.5 Å². The van der Waals surface area contributed by atoms with Crippen LogP contribution in [0.1, 0.15) is 46.0 Å². The average molecular weight is 718 g/mol. The van der Waals surface area contributed by atoms with Crippen molar-refractivity contribution in [3.8, 4) is 33.8 Å². The smallest absolute Gasteiger partial charge is 0.237 e. The van der Waals surface area contributed by atoms with Gasteiger partial charge in [0, 0.05) is 33.8 Å². The van der Waals surface area contributed by atoms with E-state index in [4.69, 9.17) is 9.73 Å². The van der Waals surface area contributed by atoms with Crippen LogP contribution in [0, 0.1) is 5.92 Å². The van der Waals surface area contributed by atoms with Gasteiger partial charge in [-0.25, -0.2) is 4.90 Å². The van der Waals surface area contributed by atoms with Crippen molar-refractivity contribution in [3.63, 3.8) is 0 Å². The van der Waals surface area contributed by atoms with E-state index in [1.165, 1.54) is 82.5 Å². The Kier molecular flexibility index (Phi) is 6.81. The lowest BCUT2D eigenvalue weighted by molar-refractivity contribution is -0.807. The van der Waals surface area contributed by atoms with E-state index in [2.05, 4.69) is 194 Å². The van der Waals surface area contributed by atoms with Gasteiger partial charge in [0.05, 0.1) is 5.41 Å². The predicted octanol–water partition coefficient (Wildman–Crippen LogP) is 11.4. The maximum absolute atomic E-state index is 6.66. The summed E-state index contributed by atoms with van der Waals surface area (Å²) in [6.45, 7) is 0. The first kappa shape index (κ1) is 31.5. The number of nitrogens with zero attached hydrogens (tertiary/aromatic N) is 1. The molecule has 0 bridgehead atoms. The second-order valence-corrected chi connectivity index (χ2v) is 15.5. The largest absolute Gasteiger partial charge is 0.457 e. The van der Waals surface area contributed by atoms with Gasteiger partial charge < -0.3 is 4.74 Å². The number of allylic oxidation sites excluding steroid dienone is 6. The molecule has 12 rings (SSSR count). The molecule has 1 N–H and O–H groups in total. The summed E-state index contributed by atoms with van der Waals surface area (Å²) in [6.07, 6.45) is 14.7. The van der Waals surface area contributed by atoms with Crippen molar-refractivity contribution in [2.24, 2.45) is 10.9 Å². The Bertz CT molecular complexity index is 2880. The summed E-state index contributed by atoms with van der Waals surface area (Å²) in [4.78, 5) is 6.61. The second-order valence-electron chi connectivity index (χ2n) is 15.5. The highest BCUT2D eigenvalue weighted by molar-refractivity contribution is 6.02. The minimum Gasteiger partial charge on any atom is -0.457 e. The Morgan fingerprint density at radius 3 is 2.11 bits per heavy atom. The van der Waals surface area contributed by atoms with E-state index in [0.29, 0.717) is 5.92 Å². The number of quaternary nitrogens is 1. The fourth-order valence-electron chi connectivity index (χ4n) is 10.0. The van der Waals surface area contributed by atoms with Crippen LogP contribution in [0.2, 0.25) is 0 Å². The van der Waals surface area contributed by atoms with Gasteiger partial charge >= 0.3 is 0 Å². The molecular formula is C53H37N2O+. The number of para-hydroxylation sites is 2. The van der Waals surface area contributed by atoms with Gasteiger partial charge in [-0.05, 0) is 80.4 Å². The van der Waals surface area contributed by atoms with Gasteiger partial charge in [-0.3, -0.25) is 0 Å². The summed E-state index contributed by atoms with van der Waals surface area (Å²) in [5.41, 5.74) is 14.5. The van der Waals surface area contributed by atoms with Crippen molar-refractivity contribution in [2.45, 2.75) is 18.0 Å². The molecule has 7 aromatic carbocycles. The van der Waals surface area contributed by atoms with Crippen molar-refractivity contribution in [1.82, 2.24) is 0 Å². The van der Waals surface area contributed by atoms with Gasteiger partial charge in [0.1, 0.15) is 17.7 Å². The van der Waals surface area contributed by atoms with E-state index in [1.54, 1.807) is 0 Å². The van der Waals surface area contributed by atoms with Crippen molar-refractivity contribution < 1.29 is 9.64 Å². The highest BCUT2D eigenvalue weighted by atomic mass is 16.5. The maximum Gasteiger partial charge on any atom is 0.237 e. The molecule has 0 fully saturated rings. The van der Waals surface area contributed by atoms with Crippen LogP contribution in [0.3, 0.4) is 0 Å². The third kappa shape index (κ3) is 4.46. The van der Waals surface area contributed by atoms with E-state index in [-0.39, 0.29) is 6.17 Å². The Morgan fingerprint density at radius 1 is 0.607 bits per heavy atom. The molecule has 3 heteroatoms. The Balaban J connectivity index is 0.973. The number of hydrogen-bond donors (Lipinski definition) is 1. The monoisotopic (exact) mass is 717 g/mol. The first-order chi connectivity index (χ1) is 27.8. The fourth-order valence-corrected chi connectivity index (χ4v) is 10.0. The summed E-state index contributed by atoms with van der Waals surface area (Å²) in [5, 5.41) is 2.52. The summed E-state index contributed by atoms with van der Waals surface area (Å²) in [7, 11) is 0. The van der Waals surface area contributed by atoms with Crippen LogP contribution in [0.4, 0.5) is 0 Å². The average Bonchev–Trinajstić information content (AvgIpc) is 3.55. The molecule has 1 spiro atoms. The zero-order chi connectivity index (χ0) is 36.8. The molecule has 3 unspecified atom stereocenters. The van der Waals surface area contributed by atoms with Crippen LogP contribution in [-0.2, 0) is 5.41 Å². The lowest BCUT2D eigenvalue weighted by Crippen LogP contribution is -3.15. The number of benzene rings is 7. The number of ether oxygens (including phenoxy) is 1. The number of nitrogens with one attached hydrogen (secondary N) is 1. The van der Waals surface area contributed by atoms with Gasteiger partial charge in [0.2, 0.25) is 12.0 Å². The molecule has 56 heavy (non-hydrogen) atoms. The first-order valence-electron chi connectivity index (χ1n) is 19.7. The van der Waals surface area contributed by atoms with E-state index in [1.807, 2.05) is 0 Å². The number of rotatable bonds is 4. The second kappa shape index (κ2) is 12.1. The molecular weight excluding hydrogens is 681 g/mol. The van der Waals surface area contributed by atoms with E-state index < -0.39 is 5.41 Å². The Labute approximate surface area is 326 Å². The number of hydrogen-bond acceptors (Lipinski definition) is 2. The molecule has 3 aliphatic heterocycles. The third-order valence-corrected chi connectivity index (χ3v) is 12.6. The first-order valence-corrected chi connectivity index (χ1v) is 19.7. The van der Waals surface area contributed by atoms with Gasteiger partial charge in [0.15, 0.2) is 0 Å². The number of aliphatic imine (C=N–C) groups is 1. The van der Waals surface area contributed by atoms with Gasteiger partial charge in [0.25, 0.3) is 0 Å². The zero-order valence-corrected chi connectivity index (χ0v) is 30.7. The highest BCUT2D eigenvalue weighted by Gasteiger charge is 2.52. The molecule has 7 aromatic rings. The van der Waals surface area contributed by atoms with Crippen LogP contribution in [0.15, 0.2) is 205 Å². The molecule has 264 valence electrons. The third-order valence-electron chi connectivity index (χ3n) is 12.6. The van der Waals surface area contributed by atoms with Crippen LogP contribution in [-0.4, -0.2) is 5.84 Å². The molecule has 3 nitrogen and oxygen atoms in total. The zero-order valence-electron chi connectivity index (χ0n) is 30.7. The molecule has 3 atom stereocenters. The van der Waals surface area contributed by atoms with Crippen molar-refractivity contribution in [1.29, 1.82) is 0 Å². The molecule has 3 heterocycles. The maximum atomic E-state index is 6.66. The number of fused-ring (bicyclic) bond motifs is 12. The predicted molar refractivity (Wildman–Crippen MR) is 227 cm³/mol. The Morgan fingerprint density at radius 2 is 1.32 bits per heavy atom. The summed E-state index contributed by atoms with van der Waals surface area (Å²) in [6, 6.07) is 57.7. The van der Waals surface area contributed by atoms with E-state index in [9.17, 15) is 0 Å². The van der Waals surface area contributed by atoms with Crippen LogP contribution < -0.4 is 9.64 Å². The summed E-state index contributed by atoms with van der Waals surface area (Å²) < 4.78 is 6.66. The van der Waals surface area contributed by atoms with Crippen molar-refractivity contribution in [2.75, 3.05) is 0 Å². The van der Waals surface area contributed by atoms with Gasteiger partial charge in [-0.1, -0.05) is 164 Å². The number of amidine groups is 1. The topological polar surface area (TPSA) is 26.0 Å². The van der Waals surface area contributed by atoms with E-state index >= 15 is 0 Å².